The van der Waals surface area contributed by atoms with Gasteiger partial charge in [-0.2, -0.15) is 0 Å². The number of cyclic esters (lactones) is 1. The first-order chi connectivity index (χ1) is 16.4. The van der Waals surface area contributed by atoms with Gasteiger partial charge in [0.05, 0.1) is 11.9 Å². The summed E-state index contributed by atoms with van der Waals surface area (Å²) >= 11 is 0. The normalized spacial score (nSPS) is 31.1. The van der Waals surface area contributed by atoms with E-state index in [-0.39, 0.29) is 23.9 Å². The van der Waals surface area contributed by atoms with Gasteiger partial charge in [-0.05, 0) is 55.7 Å². The molecule has 180 valence electrons. The molecule has 6 atom stereocenters. The van der Waals surface area contributed by atoms with Crippen molar-refractivity contribution in [1.82, 2.24) is 4.98 Å². The van der Waals surface area contributed by atoms with Crippen molar-refractivity contribution in [2.45, 2.75) is 52.2 Å². The van der Waals surface area contributed by atoms with Crippen molar-refractivity contribution in [2.75, 3.05) is 6.61 Å². The van der Waals surface area contributed by atoms with E-state index in [1.54, 1.807) is 6.21 Å². The van der Waals surface area contributed by atoms with Crippen LogP contribution in [0.2, 0.25) is 0 Å². The van der Waals surface area contributed by atoms with Gasteiger partial charge in [0, 0.05) is 23.2 Å². The number of ether oxygens (including phenoxy) is 1. The molecule has 1 saturated heterocycles. The number of carbonyl (C=O) groups excluding carboxylic acids is 1. The molecule has 2 aliphatic rings. The van der Waals surface area contributed by atoms with Crippen LogP contribution in [-0.4, -0.2) is 40.6 Å². The number of nitrogens with zero attached hydrogens (tertiary/aromatic N) is 2. The summed E-state index contributed by atoms with van der Waals surface area (Å²) in [6.07, 6.45) is 8.85. The van der Waals surface area contributed by atoms with Gasteiger partial charge < -0.3 is 14.7 Å². The molecule has 6 nitrogen and oxygen atoms in total. The Bertz CT molecular complexity index is 1060. The summed E-state index contributed by atoms with van der Waals surface area (Å²) in [4.78, 5) is 22.2. The topological polar surface area (TPSA) is 81.0 Å². The zero-order valence-corrected chi connectivity index (χ0v) is 20.3. The maximum Gasteiger partial charge on any atom is 0.338 e. The van der Waals surface area contributed by atoms with Gasteiger partial charge >= 0.3 is 5.97 Å². The third-order valence-electron chi connectivity index (χ3n) is 7.39. The van der Waals surface area contributed by atoms with Crippen LogP contribution in [0.15, 0.2) is 53.8 Å². The van der Waals surface area contributed by atoms with Crippen molar-refractivity contribution in [1.29, 1.82) is 0 Å². The van der Waals surface area contributed by atoms with E-state index in [4.69, 9.17) is 9.57 Å². The lowest BCUT2D eigenvalue weighted by molar-refractivity contribution is -0.160. The largest absolute Gasteiger partial charge is 0.460 e. The van der Waals surface area contributed by atoms with Crippen LogP contribution in [0.1, 0.15) is 51.8 Å². The minimum atomic E-state index is -1.40. The lowest BCUT2D eigenvalue weighted by Crippen LogP contribution is -2.53. The fraction of sp³-hybridized carbons (Fsp3) is 0.464. The Morgan fingerprint density at radius 3 is 2.74 bits per heavy atom. The van der Waals surface area contributed by atoms with E-state index in [2.05, 4.69) is 30.1 Å². The number of hydrogen-bond donors (Lipinski definition) is 1. The Hall–Kier alpha value is -2.99. The number of benzene rings is 1. The number of aliphatic hydroxyl groups is 1. The number of allylic oxidation sites excluding steroid dienone is 1. The first-order valence-corrected chi connectivity index (χ1v) is 12.2. The molecule has 2 aromatic rings. The van der Waals surface area contributed by atoms with E-state index in [0.717, 1.165) is 28.8 Å². The van der Waals surface area contributed by atoms with Crippen LogP contribution < -0.4 is 0 Å². The van der Waals surface area contributed by atoms with Gasteiger partial charge in [0.25, 0.3) is 0 Å². The number of rotatable bonds is 7. The van der Waals surface area contributed by atoms with Crippen molar-refractivity contribution < 1.29 is 19.5 Å². The molecule has 6 heteroatoms. The number of fused-ring (bicyclic) bond motifs is 1. The minimum Gasteiger partial charge on any atom is -0.460 e. The standard InChI is InChI=1S/C28H34N2O4/c1-5-23-18(3)15-28(32)26(19(4)34-27(28)31)25(23)14-13-22-12-11-21(16-29-22)24-10-8-7-9-20(24)17-30-33-6-2/h7-14,16-19,23,25-26,32H,5-6,15H2,1-4H3/b14-13+,30-17+. The SMILES string of the molecule is CCO/N=C/c1ccccc1-c1ccc(/C=C/C2C(CC)C(C)CC3(O)C(=O)OC(C)C23)nc1. The maximum absolute atomic E-state index is 12.5. The maximum atomic E-state index is 12.5. The van der Waals surface area contributed by atoms with Crippen LogP contribution in [0.5, 0.6) is 0 Å². The van der Waals surface area contributed by atoms with Crippen LogP contribution in [0.25, 0.3) is 17.2 Å². The van der Waals surface area contributed by atoms with E-state index in [1.165, 1.54) is 0 Å². The van der Waals surface area contributed by atoms with Crippen molar-refractivity contribution in [3.63, 3.8) is 0 Å². The fourth-order valence-corrected chi connectivity index (χ4v) is 5.86. The molecule has 1 saturated carbocycles. The van der Waals surface area contributed by atoms with E-state index in [9.17, 15) is 9.90 Å². The average Bonchev–Trinajstić information content (AvgIpc) is 3.05. The third kappa shape index (κ3) is 4.51. The van der Waals surface area contributed by atoms with Crippen LogP contribution in [0.4, 0.5) is 0 Å². The van der Waals surface area contributed by atoms with Crippen LogP contribution >= 0.6 is 0 Å². The molecule has 2 heterocycles. The molecule has 34 heavy (non-hydrogen) atoms. The summed E-state index contributed by atoms with van der Waals surface area (Å²) in [5.74, 6) is -0.0811. The highest BCUT2D eigenvalue weighted by molar-refractivity contribution is 5.90. The van der Waals surface area contributed by atoms with E-state index in [0.29, 0.717) is 18.9 Å². The predicted octanol–water partition coefficient (Wildman–Crippen LogP) is 5.11. The zero-order chi connectivity index (χ0) is 24.3. The molecule has 2 fully saturated rings. The van der Waals surface area contributed by atoms with Crippen molar-refractivity contribution in [2.24, 2.45) is 28.8 Å². The van der Waals surface area contributed by atoms with Gasteiger partial charge in [-0.25, -0.2) is 4.79 Å². The highest BCUT2D eigenvalue weighted by Crippen LogP contribution is 2.52. The molecule has 0 radical (unpaired) electrons. The second-order valence-electron chi connectivity index (χ2n) is 9.46. The van der Waals surface area contributed by atoms with E-state index < -0.39 is 11.6 Å². The van der Waals surface area contributed by atoms with Gasteiger partial charge in [0.15, 0.2) is 5.60 Å². The summed E-state index contributed by atoms with van der Waals surface area (Å²) < 4.78 is 5.49. The quantitative estimate of drug-likeness (QED) is 0.351. The number of esters is 1. The van der Waals surface area contributed by atoms with Crippen LogP contribution in [-0.2, 0) is 14.4 Å². The molecular formula is C28H34N2O4. The Labute approximate surface area is 201 Å². The summed E-state index contributed by atoms with van der Waals surface area (Å²) in [6.45, 7) is 8.61. The first kappa shape index (κ1) is 24.1. The molecule has 0 amide bonds. The van der Waals surface area contributed by atoms with Gasteiger partial charge in [-0.15, -0.1) is 0 Å². The third-order valence-corrected chi connectivity index (χ3v) is 7.39. The van der Waals surface area contributed by atoms with Crippen molar-refractivity contribution >= 4 is 18.3 Å². The van der Waals surface area contributed by atoms with E-state index in [1.807, 2.05) is 62.5 Å². The van der Waals surface area contributed by atoms with Gasteiger partial charge in [-0.1, -0.05) is 61.8 Å². The molecular weight excluding hydrogens is 428 g/mol. The van der Waals surface area contributed by atoms with Gasteiger partial charge in [0.1, 0.15) is 12.7 Å². The number of carbonyl (C=O) groups is 1. The fourth-order valence-electron chi connectivity index (χ4n) is 5.86. The molecule has 1 aliphatic heterocycles. The van der Waals surface area contributed by atoms with E-state index >= 15 is 0 Å². The first-order valence-electron chi connectivity index (χ1n) is 12.2. The Morgan fingerprint density at radius 2 is 2.03 bits per heavy atom. The molecule has 1 aliphatic carbocycles. The average molecular weight is 463 g/mol. The molecule has 6 unspecified atom stereocenters. The Morgan fingerprint density at radius 1 is 1.24 bits per heavy atom. The second-order valence-corrected chi connectivity index (χ2v) is 9.46. The van der Waals surface area contributed by atoms with Gasteiger partial charge in [0.2, 0.25) is 0 Å². The highest BCUT2D eigenvalue weighted by atomic mass is 16.6. The number of oxime groups is 1. The van der Waals surface area contributed by atoms with Gasteiger partial charge in [-0.3, -0.25) is 4.98 Å². The Kier molecular flexibility index (Phi) is 7.17. The van der Waals surface area contributed by atoms with Crippen molar-refractivity contribution in [3.05, 3.63) is 59.9 Å². The highest BCUT2D eigenvalue weighted by Gasteiger charge is 2.62. The monoisotopic (exact) mass is 462 g/mol. The molecule has 1 aromatic carbocycles. The minimum absolute atomic E-state index is 0.0391. The molecule has 0 bridgehead atoms. The molecule has 1 aromatic heterocycles. The van der Waals surface area contributed by atoms with Crippen molar-refractivity contribution in [3.8, 4) is 11.1 Å². The molecule has 1 N–H and O–H groups in total. The second kappa shape index (κ2) is 10.1. The van der Waals surface area contributed by atoms with Crippen LogP contribution in [0, 0.1) is 23.7 Å². The number of aromatic nitrogens is 1. The number of pyridine rings is 1. The predicted molar refractivity (Wildman–Crippen MR) is 133 cm³/mol. The summed E-state index contributed by atoms with van der Waals surface area (Å²) in [7, 11) is 0. The molecule has 4 rings (SSSR count). The lowest BCUT2D eigenvalue weighted by atomic mass is 9.59. The summed E-state index contributed by atoms with van der Waals surface area (Å²) in [5, 5.41) is 15.2. The summed E-state index contributed by atoms with van der Waals surface area (Å²) in [5.41, 5.74) is 2.41. The smallest absolute Gasteiger partial charge is 0.338 e. The Balaban J connectivity index is 1.58. The lowest BCUT2D eigenvalue weighted by Gasteiger charge is -2.45. The molecule has 0 spiro atoms. The summed E-state index contributed by atoms with van der Waals surface area (Å²) in [6, 6.07) is 12.0. The number of hydrogen-bond acceptors (Lipinski definition) is 6. The van der Waals surface area contributed by atoms with Crippen LogP contribution in [0.3, 0.4) is 0 Å². The zero-order valence-electron chi connectivity index (χ0n) is 20.3.